The largest absolute Gasteiger partial charge is 0.489 e. The Morgan fingerprint density at radius 2 is 1.64 bits per heavy atom. The van der Waals surface area contributed by atoms with Crippen molar-refractivity contribution >= 4 is 10.1 Å². The van der Waals surface area contributed by atoms with Crippen molar-refractivity contribution in [3.63, 3.8) is 0 Å². The van der Waals surface area contributed by atoms with Crippen molar-refractivity contribution in [2.24, 2.45) is 0 Å². The van der Waals surface area contributed by atoms with E-state index in [1.54, 1.807) is 0 Å². The van der Waals surface area contributed by atoms with Crippen LogP contribution in [0.5, 0.6) is 5.75 Å². The number of ether oxygens (including phenoxy) is 1. The quantitative estimate of drug-likeness (QED) is 0.554. The first-order valence-corrected chi connectivity index (χ1v) is 8.95. The van der Waals surface area contributed by atoms with Gasteiger partial charge in [0.05, 0.1) is 12.9 Å². The van der Waals surface area contributed by atoms with Crippen molar-refractivity contribution < 1.29 is 17.3 Å². The van der Waals surface area contributed by atoms with Gasteiger partial charge >= 0.3 is 0 Å². The molecule has 0 fully saturated rings. The highest BCUT2D eigenvalue weighted by Crippen LogP contribution is 2.21. The Hall–Kier alpha value is -1.85. The van der Waals surface area contributed by atoms with Crippen LogP contribution in [0.15, 0.2) is 54.6 Å². The smallest absolute Gasteiger partial charge is 0.264 e. The Labute approximate surface area is 131 Å². The molecule has 0 aliphatic rings. The normalized spacial score (nSPS) is 11.3. The van der Waals surface area contributed by atoms with Crippen molar-refractivity contribution in [1.82, 2.24) is 0 Å². The number of rotatable bonds is 8. The van der Waals surface area contributed by atoms with E-state index in [1.807, 2.05) is 54.6 Å². The molecule has 0 atom stereocenters. The third-order valence-corrected chi connectivity index (χ3v) is 3.69. The summed E-state index contributed by atoms with van der Waals surface area (Å²) in [6.07, 6.45) is 2.39. The summed E-state index contributed by atoms with van der Waals surface area (Å²) < 4.78 is 32.5. The lowest BCUT2D eigenvalue weighted by molar-refractivity contribution is 0.298. The third-order valence-electron chi connectivity index (χ3n) is 3.10. The van der Waals surface area contributed by atoms with Crippen LogP contribution < -0.4 is 4.74 Å². The van der Waals surface area contributed by atoms with E-state index in [2.05, 4.69) is 0 Å². The second-order valence-electron chi connectivity index (χ2n) is 5.01. The minimum absolute atomic E-state index is 0.186. The van der Waals surface area contributed by atoms with Crippen LogP contribution in [0.4, 0.5) is 0 Å². The second-order valence-corrected chi connectivity index (χ2v) is 6.66. The summed E-state index contributed by atoms with van der Waals surface area (Å²) in [5, 5.41) is 0. The van der Waals surface area contributed by atoms with Gasteiger partial charge in [-0.05, 0) is 30.0 Å². The average Bonchev–Trinajstić information content (AvgIpc) is 2.50. The first-order valence-electron chi connectivity index (χ1n) is 7.13. The van der Waals surface area contributed by atoms with Gasteiger partial charge in [-0.2, -0.15) is 8.42 Å². The van der Waals surface area contributed by atoms with Gasteiger partial charge < -0.3 is 4.74 Å². The fourth-order valence-electron chi connectivity index (χ4n) is 2.06. The summed E-state index contributed by atoms with van der Waals surface area (Å²) in [4.78, 5) is 0. The SMILES string of the molecule is CS(=O)(=O)OCCCc1ccccc1OCc1ccccc1. The molecule has 4 nitrogen and oxygen atoms in total. The Balaban J connectivity index is 1.89. The topological polar surface area (TPSA) is 52.6 Å². The van der Waals surface area contributed by atoms with Crippen LogP contribution in [0.2, 0.25) is 0 Å². The fraction of sp³-hybridized carbons (Fsp3) is 0.294. The standard InChI is InChI=1S/C17H20O4S/c1-22(18,19)21-13-7-11-16-10-5-6-12-17(16)20-14-15-8-3-2-4-9-15/h2-6,8-10,12H,7,11,13-14H2,1H3. The van der Waals surface area contributed by atoms with Crippen molar-refractivity contribution in [3.8, 4) is 5.75 Å². The third kappa shape index (κ3) is 5.87. The highest BCUT2D eigenvalue weighted by Gasteiger charge is 2.05. The van der Waals surface area contributed by atoms with Crippen LogP contribution in [0.25, 0.3) is 0 Å². The molecule has 0 spiro atoms. The van der Waals surface area contributed by atoms with Gasteiger partial charge in [-0.15, -0.1) is 0 Å². The van der Waals surface area contributed by atoms with Crippen LogP contribution in [-0.2, 0) is 27.3 Å². The number of benzene rings is 2. The molecule has 0 heterocycles. The summed E-state index contributed by atoms with van der Waals surface area (Å²) >= 11 is 0. The number of hydrogen-bond donors (Lipinski definition) is 0. The molecule has 2 aromatic carbocycles. The van der Waals surface area contributed by atoms with Crippen molar-refractivity contribution in [2.75, 3.05) is 12.9 Å². The van der Waals surface area contributed by atoms with E-state index >= 15 is 0 Å². The van der Waals surface area contributed by atoms with Crippen LogP contribution in [-0.4, -0.2) is 21.3 Å². The van der Waals surface area contributed by atoms with Gasteiger partial charge in [0.15, 0.2) is 0 Å². The van der Waals surface area contributed by atoms with Gasteiger partial charge in [-0.25, -0.2) is 0 Å². The Morgan fingerprint density at radius 3 is 2.36 bits per heavy atom. The molecule has 0 unspecified atom stereocenters. The summed E-state index contributed by atoms with van der Waals surface area (Å²) in [5.41, 5.74) is 2.16. The van der Waals surface area contributed by atoms with E-state index in [9.17, 15) is 8.42 Å². The summed E-state index contributed by atoms with van der Waals surface area (Å²) in [6, 6.07) is 17.8. The lowest BCUT2D eigenvalue weighted by Crippen LogP contribution is -2.05. The molecule has 0 N–H and O–H groups in total. The highest BCUT2D eigenvalue weighted by molar-refractivity contribution is 7.85. The van der Waals surface area contributed by atoms with Crippen LogP contribution in [0, 0.1) is 0 Å². The molecule has 22 heavy (non-hydrogen) atoms. The maximum Gasteiger partial charge on any atom is 0.264 e. The fourth-order valence-corrected chi connectivity index (χ4v) is 2.48. The number of aryl methyl sites for hydroxylation is 1. The minimum atomic E-state index is -3.37. The predicted octanol–water partition coefficient (Wildman–Crippen LogP) is 3.17. The Morgan fingerprint density at radius 1 is 0.955 bits per heavy atom. The second kappa shape index (κ2) is 7.96. The monoisotopic (exact) mass is 320 g/mol. The summed E-state index contributed by atoms with van der Waals surface area (Å²) in [5.74, 6) is 0.825. The highest BCUT2D eigenvalue weighted by atomic mass is 32.2. The van der Waals surface area contributed by atoms with Crippen LogP contribution >= 0.6 is 0 Å². The molecule has 2 rings (SSSR count). The first kappa shape index (κ1) is 16.5. The average molecular weight is 320 g/mol. The molecule has 118 valence electrons. The van der Waals surface area contributed by atoms with E-state index in [1.165, 1.54) is 0 Å². The van der Waals surface area contributed by atoms with Crippen LogP contribution in [0.1, 0.15) is 17.5 Å². The zero-order chi connectivity index (χ0) is 15.8. The molecule has 2 aromatic rings. The van der Waals surface area contributed by atoms with Crippen molar-refractivity contribution in [1.29, 1.82) is 0 Å². The van der Waals surface area contributed by atoms with E-state index in [0.717, 1.165) is 23.1 Å². The van der Waals surface area contributed by atoms with Gasteiger partial charge in [0.1, 0.15) is 12.4 Å². The Bertz CT molecular complexity index is 681. The molecule has 0 bridgehead atoms. The first-order chi connectivity index (χ1) is 10.5. The van der Waals surface area contributed by atoms with E-state index in [4.69, 9.17) is 8.92 Å². The van der Waals surface area contributed by atoms with Gasteiger partial charge in [-0.1, -0.05) is 48.5 Å². The lowest BCUT2D eigenvalue weighted by Gasteiger charge is -2.11. The predicted molar refractivity (Wildman–Crippen MR) is 86.3 cm³/mol. The zero-order valence-corrected chi connectivity index (χ0v) is 13.4. The van der Waals surface area contributed by atoms with Gasteiger partial charge in [0, 0.05) is 0 Å². The molecule has 0 aliphatic heterocycles. The molecular weight excluding hydrogens is 300 g/mol. The summed E-state index contributed by atoms with van der Waals surface area (Å²) in [7, 11) is -3.37. The van der Waals surface area contributed by atoms with Gasteiger partial charge in [0.25, 0.3) is 10.1 Å². The van der Waals surface area contributed by atoms with Crippen LogP contribution in [0.3, 0.4) is 0 Å². The van der Waals surface area contributed by atoms with E-state index in [-0.39, 0.29) is 6.61 Å². The molecule has 5 heteroatoms. The van der Waals surface area contributed by atoms with Gasteiger partial charge in [-0.3, -0.25) is 4.18 Å². The minimum Gasteiger partial charge on any atom is -0.489 e. The summed E-state index contributed by atoms with van der Waals surface area (Å²) in [6.45, 7) is 0.698. The molecular formula is C17H20O4S. The molecule has 0 radical (unpaired) electrons. The maximum atomic E-state index is 10.9. The molecule has 0 aromatic heterocycles. The molecule has 0 saturated carbocycles. The molecule has 0 saturated heterocycles. The van der Waals surface area contributed by atoms with E-state index in [0.29, 0.717) is 19.4 Å². The Kier molecular flexibility index (Phi) is 5.98. The number of hydrogen-bond acceptors (Lipinski definition) is 4. The number of para-hydroxylation sites is 1. The van der Waals surface area contributed by atoms with Crippen molar-refractivity contribution in [3.05, 3.63) is 65.7 Å². The molecule has 0 aliphatic carbocycles. The lowest BCUT2D eigenvalue weighted by atomic mass is 10.1. The van der Waals surface area contributed by atoms with Crippen molar-refractivity contribution in [2.45, 2.75) is 19.4 Å². The zero-order valence-electron chi connectivity index (χ0n) is 12.6. The maximum absolute atomic E-state index is 10.9. The van der Waals surface area contributed by atoms with E-state index < -0.39 is 10.1 Å². The van der Waals surface area contributed by atoms with Gasteiger partial charge in [0.2, 0.25) is 0 Å². The molecule has 0 amide bonds.